The molecule has 2 aromatic carbocycles. The van der Waals surface area contributed by atoms with Crippen molar-refractivity contribution in [2.24, 2.45) is 0 Å². The van der Waals surface area contributed by atoms with Crippen LogP contribution in [0.25, 0.3) is 6.08 Å². The smallest absolute Gasteiger partial charge is 0.268 e. The van der Waals surface area contributed by atoms with E-state index in [1.807, 2.05) is 13.0 Å². The summed E-state index contributed by atoms with van der Waals surface area (Å²) < 4.78 is 21.4. The van der Waals surface area contributed by atoms with Crippen molar-refractivity contribution in [3.63, 3.8) is 0 Å². The van der Waals surface area contributed by atoms with E-state index in [4.69, 9.17) is 18.6 Å². The van der Waals surface area contributed by atoms with Crippen LogP contribution in [-0.4, -0.2) is 33.1 Å². The van der Waals surface area contributed by atoms with E-state index in [2.05, 4.69) is 10.6 Å². The molecule has 2 amide bonds. The Kier molecular flexibility index (Phi) is 7.75. The van der Waals surface area contributed by atoms with Crippen LogP contribution in [0.2, 0.25) is 0 Å². The third kappa shape index (κ3) is 5.94. The summed E-state index contributed by atoms with van der Waals surface area (Å²) in [7, 11) is 4.56. The first-order chi connectivity index (χ1) is 15.9. The fourth-order valence-corrected chi connectivity index (χ4v) is 3.17. The Labute approximate surface area is 192 Å². The zero-order chi connectivity index (χ0) is 23.8. The Hall–Kier alpha value is -4.20. The number of benzene rings is 2. The molecule has 8 nitrogen and oxygen atoms in total. The van der Waals surface area contributed by atoms with Gasteiger partial charge in [-0.25, -0.2) is 0 Å². The van der Waals surface area contributed by atoms with Crippen molar-refractivity contribution in [2.45, 2.75) is 13.5 Å². The molecular formula is C25H26N2O6. The topological polar surface area (TPSA) is 99.0 Å². The fourth-order valence-electron chi connectivity index (χ4n) is 3.17. The van der Waals surface area contributed by atoms with Crippen LogP contribution in [0, 0.1) is 6.92 Å². The number of amides is 2. The predicted octanol–water partition coefficient (Wildman–Crippen LogP) is 3.70. The van der Waals surface area contributed by atoms with Gasteiger partial charge in [0, 0.05) is 18.2 Å². The highest BCUT2D eigenvalue weighted by Gasteiger charge is 2.17. The van der Waals surface area contributed by atoms with E-state index >= 15 is 0 Å². The summed E-state index contributed by atoms with van der Waals surface area (Å²) in [5.74, 6) is 0.942. The van der Waals surface area contributed by atoms with E-state index in [1.165, 1.54) is 33.7 Å². The molecule has 0 unspecified atom stereocenters. The second-order valence-electron chi connectivity index (χ2n) is 7.11. The molecule has 0 spiro atoms. The number of aryl methyl sites for hydroxylation is 1. The van der Waals surface area contributed by atoms with Crippen molar-refractivity contribution < 1.29 is 28.2 Å². The van der Waals surface area contributed by atoms with Crippen molar-refractivity contribution in [1.29, 1.82) is 0 Å². The molecule has 3 rings (SSSR count). The molecule has 1 aromatic heterocycles. The van der Waals surface area contributed by atoms with E-state index < -0.39 is 11.8 Å². The van der Waals surface area contributed by atoms with E-state index in [1.54, 1.807) is 42.5 Å². The number of methoxy groups -OCH3 is 3. The number of nitrogens with one attached hydrogen (secondary N) is 2. The van der Waals surface area contributed by atoms with Crippen LogP contribution in [0.1, 0.15) is 27.2 Å². The molecule has 0 bridgehead atoms. The summed E-state index contributed by atoms with van der Waals surface area (Å²) in [6, 6.07) is 14.0. The number of rotatable bonds is 9. The molecular weight excluding hydrogens is 424 g/mol. The van der Waals surface area contributed by atoms with Crippen molar-refractivity contribution in [1.82, 2.24) is 10.6 Å². The molecule has 2 N–H and O–H groups in total. The van der Waals surface area contributed by atoms with Crippen LogP contribution >= 0.6 is 0 Å². The summed E-state index contributed by atoms with van der Waals surface area (Å²) in [5, 5.41) is 5.48. The predicted molar refractivity (Wildman–Crippen MR) is 123 cm³/mol. The minimum Gasteiger partial charge on any atom is -0.493 e. The highest BCUT2D eigenvalue weighted by atomic mass is 16.5. The molecule has 33 heavy (non-hydrogen) atoms. The van der Waals surface area contributed by atoms with Gasteiger partial charge in [0.2, 0.25) is 5.75 Å². The fraction of sp³-hybridized carbons (Fsp3) is 0.200. The molecule has 1 heterocycles. The van der Waals surface area contributed by atoms with Gasteiger partial charge in [-0.05, 0) is 48.9 Å². The van der Waals surface area contributed by atoms with Crippen LogP contribution in [0.15, 0.2) is 64.9 Å². The van der Waals surface area contributed by atoms with Crippen molar-refractivity contribution in [3.05, 3.63) is 82.9 Å². The Bertz CT molecular complexity index is 1130. The molecule has 0 saturated heterocycles. The van der Waals surface area contributed by atoms with Crippen LogP contribution in [0.5, 0.6) is 17.2 Å². The number of carbonyl (C=O) groups is 2. The first kappa shape index (κ1) is 23.5. The SMILES string of the molecule is COc1cc(CNC(=O)/C(=C/c2ccco2)NC(=O)c2cccc(C)c2)cc(OC)c1OC. The Morgan fingerprint density at radius 1 is 0.970 bits per heavy atom. The maximum atomic E-state index is 13.0. The summed E-state index contributed by atoms with van der Waals surface area (Å²) in [5.41, 5.74) is 2.15. The molecule has 0 aliphatic carbocycles. The van der Waals surface area contributed by atoms with E-state index in [9.17, 15) is 9.59 Å². The minimum absolute atomic E-state index is 0.0453. The molecule has 3 aromatic rings. The summed E-state index contributed by atoms with van der Waals surface area (Å²) in [4.78, 5) is 25.7. The standard InChI is InChI=1S/C25H26N2O6/c1-16-7-5-8-18(11-16)24(28)27-20(14-19-9-6-10-33-19)25(29)26-15-17-12-21(30-2)23(32-4)22(13-17)31-3/h5-14H,15H2,1-4H3,(H,26,29)(H,27,28)/b20-14-. The third-order valence-electron chi connectivity index (χ3n) is 4.78. The van der Waals surface area contributed by atoms with E-state index in [0.29, 0.717) is 28.6 Å². The van der Waals surface area contributed by atoms with Crippen LogP contribution < -0.4 is 24.8 Å². The lowest BCUT2D eigenvalue weighted by Crippen LogP contribution is -2.34. The summed E-state index contributed by atoms with van der Waals surface area (Å²) >= 11 is 0. The monoisotopic (exact) mass is 450 g/mol. The molecule has 0 aliphatic rings. The molecule has 0 aliphatic heterocycles. The first-order valence-corrected chi connectivity index (χ1v) is 10.2. The van der Waals surface area contributed by atoms with Crippen LogP contribution in [0.4, 0.5) is 0 Å². The Morgan fingerprint density at radius 3 is 2.27 bits per heavy atom. The maximum absolute atomic E-state index is 13.0. The molecule has 0 fully saturated rings. The third-order valence-corrected chi connectivity index (χ3v) is 4.78. The number of ether oxygens (including phenoxy) is 3. The number of hydrogen-bond acceptors (Lipinski definition) is 6. The van der Waals surface area contributed by atoms with Crippen LogP contribution in [0.3, 0.4) is 0 Å². The molecule has 0 radical (unpaired) electrons. The Balaban J connectivity index is 1.80. The number of furan rings is 1. The van der Waals surface area contributed by atoms with Gasteiger partial charge in [0.15, 0.2) is 11.5 Å². The largest absolute Gasteiger partial charge is 0.493 e. The van der Waals surface area contributed by atoms with Gasteiger partial charge in [0.1, 0.15) is 11.5 Å². The quantitative estimate of drug-likeness (QED) is 0.483. The first-order valence-electron chi connectivity index (χ1n) is 10.2. The number of hydrogen-bond donors (Lipinski definition) is 2. The normalized spacial score (nSPS) is 11.0. The van der Waals surface area contributed by atoms with Gasteiger partial charge in [-0.2, -0.15) is 0 Å². The molecule has 172 valence electrons. The lowest BCUT2D eigenvalue weighted by Gasteiger charge is -2.15. The zero-order valence-corrected chi connectivity index (χ0v) is 18.9. The lowest BCUT2D eigenvalue weighted by molar-refractivity contribution is -0.117. The summed E-state index contributed by atoms with van der Waals surface area (Å²) in [6.45, 7) is 2.05. The van der Waals surface area contributed by atoms with Gasteiger partial charge in [0.05, 0.1) is 27.6 Å². The minimum atomic E-state index is -0.485. The maximum Gasteiger partial charge on any atom is 0.268 e. The van der Waals surface area contributed by atoms with E-state index in [0.717, 1.165) is 11.1 Å². The lowest BCUT2D eigenvalue weighted by atomic mass is 10.1. The Morgan fingerprint density at radius 2 is 1.70 bits per heavy atom. The van der Waals surface area contributed by atoms with Gasteiger partial charge < -0.3 is 29.3 Å². The van der Waals surface area contributed by atoms with Crippen LogP contribution in [-0.2, 0) is 11.3 Å². The van der Waals surface area contributed by atoms with Gasteiger partial charge in [-0.3, -0.25) is 9.59 Å². The average molecular weight is 450 g/mol. The van der Waals surface area contributed by atoms with Crippen molar-refractivity contribution >= 4 is 17.9 Å². The van der Waals surface area contributed by atoms with Gasteiger partial charge in [-0.15, -0.1) is 0 Å². The second kappa shape index (κ2) is 10.9. The average Bonchev–Trinajstić information content (AvgIpc) is 3.34. The highest BCUT2D eigenvalue weighted by molar-refractivity contribution is 6.05. The van der Waals surface area contributed by atoms with Gasteiger partial charge >= 0.3 is 0 Å². The van der Waals surface area contributed by atoms with E-state index in [-0.39, 0.29) is 12.2 Å². The summed E-state index contributed by atoms with van der Waals surface area (Å²) in [6.07, 6.45) is 2.96. The molecule has 8 heteroatoms. The van der Waals surface area contributed by atoms with Crippen molar-refractivity contribution in [2.75, 3.05) is 21.3 Å². The highest BCUT2D eigenvalue weighted by Crippen LogP contribution is 2.38. The molecule has 0 saturated carbocycles. The van der Waals surface area contributed by atoms with Crippen molar-refractivity contribution in [3.8, 4) is 17.2 Å². The second-order valence-corrected chi connectivity index (χ2v) is 7.11. The molecule has 0 atom stereocenters. The zero-order valence-electron chi connectivity index (χ0n) is 18.9. The van der Waals surface area contributed by atoms with Gasteiger partial charge in [-0.1, -0.05) is 17.7 Å². The number of carbonyl (C=O) groups excluding carboxylic acids is 2. The van der Waals surface area contributed by atoms with Gasteiger partial charge in [0.25, 0.3) is 11.8 Å².